The molecule has 4 aliphatic rings. The Morgan fingerprint density at radius 2 is 1.06 bits per heavy atom. The summed E-state index contributed by atoms with van der Waals surface area (Å²) in [6, 6.07) is 37.4. The molecule has 3 fully saturated rings. The van der Waals surface area contributed by atoms with E-state index in [-0.39, 0.29) is 56.1 Å². The van der Waals surface area contributed by atoms with Crippen LogP contribution >= 0.6 is 0 Å². The number of nitrogens with one attached hydrogen (secondary N) is 2. The Labute approximate surface area is 481 Å². The minimum absolute atomic E-state index is 0.106. The highest BCUT2D eigenvalue weighted by atomic mass is 19.1. The van der Waals surface area contributed by atoms with Crippen LogP contribution in [0.5, 0.6) is 0 Å². The number of nitrogens with zero attached hydrogens (tertiary/aromatic N) is 12. The number of nitro benzene ring substituents is 3. The van der Waals surface area contributed by atoms with Gasteiger partial charge in [-0.3, -0.25) is 59.1 Å². The minimum Gasteiger partial charge on any atom is -0.363 e. The van der Waals surface area contributed by atoms with Gasteiger partial charge >= 0.3 is 0 Å². The number of rotatable bonds is 12. The van der Waals surface area contributed by atoms with Gasteiger partial charge in [0.15, 0.2) is 0 Å². The van der Waals surface area contributed by atoms with E-state index in [2.05, 4.69) is 44.1 Å². The van der Waals surface area contributed by atoms with Crippen LogP contribution in [0.3, 0.4) is 0 Å². The van der Waals surface area contributed by atoms with E-state index in [0.29, 0.717) is 34.9 Å². The smallest absolute Gasteiger partial charge is 0.270 e. The van der Waals surface area contributed by atoms with Gasteiger partial charge in [-0.1, -0.05) is 62.4 Å². The maximum atomic E-state index is 14.6. The summed E-state index contributed by atoms with van der Waals surface area (Å²) in [5, 5.41) is 40.5. The van der Waals surface area contributed by atoms with Crippen molar-refractivity contribution >= 4 is 62.1 Å². The van der Waals surface area contributed by atoms with Crippen LogP contribution in [0.1, 0.15) is 48.8 Å². The fourth-order valence-electron chi connectivity index (χ4n) is 11.1. The number of anilines is 3. The molecule has 3 saturated heterocycles. The number of halogens is 1. The summed E-state index contributed by atoms with van der Waals surface area (Å²) in [6.07, 6.45) is 1.31. The number of hydrogen-bond donors (Lipinski definition) is 2. The molecule has 1 amide bonds. The molecule has 2 aromatic heterocycles. The van der Waals surface area contributed by atoms with Crippen molar-refractivity contribution in [1.82, 2.24) is 39.1 Å². The SMILES string of the molecule is CCN1CCN(CC2Nc3ccc([N+](=O)[O-])cc3C(=O)N2c2ccccc2F)CC1.CCN1CCN(c2nc3ccc([N+](=O)[O-])cc3c(=O)n2-c2ccccc2)CC1.O=c1c2cc([N+](=O)[O-])ccc2nc(C2CCNCC2)n1-c1ccccc1. The number of piperazine rings is 2. The van der Waals surface area contributed by atoms with E-state index in [4.69, 9.17) is 9.97 Å². The van der Waals surface area contributed by atoms with Crippen molar-refractivity contribution < 1.29 is 24.0 Å². The minimum atomic E-state index is -0.541. The van der Waals surface area contributed by atoms with Gasteiger partial charge in [-0.2, -0.15) is 0 Å². The molecule has 1 atom stereocenters. The highest BCUT2D eigenvalue weighted by Crippen LogP contribution is 2.34. The predicted molar refractivity (Wildman–Crippen MR) is 319 cm³/mol. The van der Waals surface area contributed by atoms with Crippen molar-refractivity contribution in [1.29, 1.82) is 0 Å². The van der Waals surface area contributed by atoms with Crippen LogP contribution in [0.15, 0.2) is 149 Å². The highest BCUT2D eigenvalue weighted by Gasteiger charge is 2.37. The van der Waals surface area contributed by atoms with Gasteiger partial charge in [0.2, 0.25) is 5.95 Å². The number of hydrogen-bond acceptors (Lipinski definition) is 17. The van der Waals surface area contributed by atoms with Gasteiger partial charge in [0.05, 0.1) is 59.2 Å². The maximum Gasteiger partial charge on any atom is 0.270 e. The third-order valence-electron chi connectivity index (χ3n) is 15.7. The molecule has 6 heterocycles. The monoisotopic (exact) mass is 1140 g/mol. The number of benzene rings is 6. The largest absolute Gasteiger partial charge is 0.363 e. The first-order chi connectivity index (χ1) is 40.7. The Morgan fingerprint density at radius 3 is 1.62 bits per heavy atom. The average molecular weight is 1140 g/mol. The van der Waals surface area contributed by atoms with Crippen LogP contribution < -0.4 is 31.6 Å². The first-order valence-corrected chi connectivity index (χ1v) is 28.0. The molecule has 84 heavy (non-hydrogen) atoms. The van der Waals surface area contributed by atoms with Crippen LogP contribution in [-0.4, -0.2) is 146 Å². The number of likely N-dealkylation sites (N-methyl/N-ethyl adjacent to an activating group) is 2. The molecule has 4 aliphatic heterocycles. The molecule has 0 radical (unpaired) electrons. The van der Waals surface area contributed by atoms with Gasteiger partial charge in [0.25, 0.3) is 34.1 Å². The number of para-hydroxylation sites is 3. The fourth-order valence-corrected chi connectivity index (χ4v) is 11.1. The maximum absolute atomic E-state index is 14.6. The van der Waals surface area contributed by atoms with Crippen LogP contribution in [-0.2, 0) is 0 Å². The first-order valence-electron chi connectivity index (χ1n) is 28.0. The van der Waals surface area contributed by atoms with Gasteiger partial charge in [0, 0.05) is 107 Å². The molecule has 2 N–H and O–H groups in total. The molecule has 434 valence electrons. The molecule has 12 rings (SSSR count). The molecule has 0 bridgehead atoms. The van der Waals surface area contributed by atoms with E-state index >= 15 is 0 Å². The van der Waals surface area contributed by atoms with Crippen LogP contribution in [0.4, 0.5) is 38.8 Å². The van der Waals surface area contributed by atoms with E-state index < -0.39 is 32.7 Å². The molecule has 1 unspecified atom stereocenters. The zero-order valence-electron chi connectivity index (χ0n) is 46.5. The van der Waals surface area contributed by atoms with Crippen molar-refractivity contribution in [3.8, 4) is 11.4 Å². The van der Waals surface area contributed by atoms with Crippen molar-refractivity contribution in [3.05, 3.63) is 208 Å². The zero-order valence-corrected chi connectivity index (χ0v) is 46.5. The number of piperidine rings is 1. The molecule has 0 aliphatic carbocycles. The standard InChI is InChI=1S/C21H24FN5O3.C20H21N5O3.C19H18N4O3/c1-2-24-9-11-25(12-10-24)14-20-23-18-8-7-15(27(29)30)13-16(18)21(28)26(20)19-6-4-3-5-17(19)22;1-2-22-10-12-23(13-11-22)20-21-18-9-8-16(25(27)28)14-17(18)19(26)24(20)15-6-4-3-5-7-15;24-19-16-12-15(23(25)26)6-7-17(16)21-18(13-8-10-20-11-9-13)22(19)14-4-2-1-3-5-14/h3-8,13,20,23H,2,9-12,14H2,1H3;3-9,14H,2,10-13H2,1H3;1-7,12-13,20H,8-11H2. The number of amides is 1. The summed E-state index contributed by atoms with van der Waals surface area (Å²) in [5.74, 6) is 0.512. The molecular weight excluding hydrogens is 1080 g/mol. The third kappa shape index (κ3) is 12.5. The van der Waals surface area contributed by atoms with E-state index in [9.17, 15) is 49.1 Å². The third-order valence-corrected chi connectivity index (χ3v) is 15.7. The molecule has 0 spiro atoms. The molecule has 6 aromatic carbocycles. The highest BCUT2D eigenvalue weighted by molar-refractivity contribution is 6.12. The molecular formula is C60H63FN14O9. The number of fused-ring (bicyclic) bond motifs is 3. The Balaban J connectivity index is 0.000000141. The summed E-state index contributed by atoms with van der Waals surface area (Å²) >= 11 is 0. The number of carbonyl (C=O) groups excluding carboxylic acids is 1. The topological polar surface area (TPSA) is 257 Å². The van der Waals surface area contributed by atoms with E-state index in [1.165, 1.54) is 47.4 Å². The van der Waals surface area contributed by atoms with Gasteiger partial charge in [-0.25, -0.2) is 18.9 Å². The number of non-ortho nitro benzene ring substituents is 3. The van der Waals surface area contributed by atoms with Gasteiger partial charge in [-0.15, -0.1) is 0 Å². The Kier molecular flexibility index (Phi) is 17.8. The lowest BCUT2D eigenvalue weighted by Gasteiger charge is -2.42. The molecule has 8 aromatic rings. The number of aromatic nitrogens is 4. The quantitative estimate of drug-likeness (QED) is 0.0868. The molecule has 0 saturated carbocycles. The lowest BCUT2D eigenvalue weighted by atomic mass is 9.96. The van der Waals surface area contributed by atoms with Crippen molar-refractivity contribution in [2.45, 2.75) is 38.8 Å². The Hall–Kier alpha value is -9.36. The number of carbonyl (C=O) groups is 1. The fraction of sp³-hybridized carbons (Fsp3) is 0.317. The van der Waals surface area contributed by atoms with Gasteiger partial charge in [0.1, 0.15) is 17.8 Å². The average Bonchev–Trinajstić information content (AvgIpc) is 1.39. The van der Waals surface area contributed by atoms with Gasteiger partial charge < -0.3 is 25.3 Å². The Morgan fingerprint density at radius 1 is 0.571 bits per heavy atom. The summed E-state index contributed by atoms with van der Waals surface area (Å²) in [5.41, 5.74) is 2.28. The molecule has 24 heteroatoms. The second-order valence-electron chi connectivity index (χ2n) is 20.7. The van der Waals surface area contributed by atoms with Crippen LogP contribution in [0, 0.1) is 36.2 Å². The van der Waals surface area contributed by atoms with Crippen molar-refractivity contribution in [2.75, 3.05) is 100 Å². The predicted octanol–water partition coefficient (Wildman–Crippen LogP) is 7.97. The van der Waals surface area contributed by atoms with Crippen molar-refractivity contribution in [2.24, 2.45) is 0 Å². The molecule has 23 nitrogen and oxygen atoms in total. The Bertz CT molecular complexity index is 3850. The summed E-state index contributed by atoms with van der Waals surface area (Å²) in [4.78, 5) is 91.8. The second-order valence-corrected chi connectivity index (χ2v) is 20.7. The van der Waals surface area contributed by atoms with E-state index in [1.807, 2.05) is 60.7 Å². The lowest BCUT2D eigenvalue weighted by molar-refractivity contribution is -0.385. The van der Waals surface area contributed by atoms with Crippen LogP contribution in [0.25, 0.3) is 33.2 Å². The summed E-state index contributed by atoms with van der Waals surface area (Å²) in [6.45, 7) is 15.5. The summed E-state index contributed by atoms with van der Waals surface area (Å²) in [7, 11) is 0. The second kappa shape index (κ2) is 25.8. The number of nitro groups is 3. The van der Waals surface area contributed by atoms with E-state index in [1.54, 1.807) is 45.5 Å². The van der Waals surface area contributed by atoms with Crippen molar-refractivity contribution in [3.63, 3.8) is 0 Å². The first kappa shape index (κ1) is 57.9. The lowest BCUT2D eigenvalue weighted by Crippen LogP contribution is -2.57. The van der Waals surface area contributed by atoms with E-state index in [0.717, 1.165) is 103 Å². The normalized spacial score (nSPS) is 16.9. The van der Waals surface area contributed by atoms with Crippen LogP contribution in [0.2, 0.25) is 0 Å². The van der Waals surface area contributed by atoms with Gasteiger partial charge in [-0.05, 0) is 93.6 Å². The zero-order chi connectivity index (χ0) is 59.0. The summed E-state index contributed by atoms with van der Waals surface area (Å²) < 4.78 is 17.8.